The Kier molecular flexibility index (Phi) is 8.68. The van der Waals surface area contributed by atoms with Crippen molar-refractivity contribution in [3.63, 3.8) is 0 Å². The third-order valence-corrected chi connectivity index (χ3v) is 7.79. The van der Waals surface area contributed by atoms with Gasteiger partial charge in [0.25, 0.3) is 0 Å². The Morgan fingerprint density at radius 1 is 1.00 bits per heavy atom. The number of pyridine rings is 1. The third kappa shape index (κ3) is 7.61. The molecule has 0 unspecified atom stereocenters. The number of anilines is 2. The molecule has 0 radical (unpaired) electrons. The first kappa shape index (κ1) is 25.8. The number of allylic oxidation sites excluding steroid dienone is 1. The van der Waals surface area contributed by atoms with Gasteiger partial charge in [0.2, 0.25) is 0 Å². The molecule has 0 aliphatic carbocycles. The summed E-state index contributed by atoms with van der Waals surface area (Å²) in [6.07, 6.45) is 3.22. The highest BCUT2D eigenvalue weighted by atomic mass is 32.2. The van der Waals surface area contributed by atoms with Crippen molar-refractivity contribution < 1.29 is 18.0 Å². The molecule has 0 atom stereocenters. The first-order valence-electron chi connectivity index (χ1n) is 12.1. The predicted octanol–water partition coefficient (Wildman–Crippen LogP) is 1.24. The molecule has 36 heavy (non-hydrogen) atoms. The molecule has 2 amide bonds. The fourth-order valence-electron chi connectivity index (χ4n) is 4.05. The van der Waals surface area contributed by atoms with E-state index in [1.54, 1.807) is 30.3 Å². The Hall–Kier alpha value is -3.28. The predicted molar refractivity (Wildman–Crippen MR) is 141 cm³/mol. The van der Waals surface area contributed by atoms with Crippen LogP contribution in [0.15, 0.2) is 48.5 Å². The van der Waals surface area contributed by atoms with Crippen molar-refractivity contribution in [2.24, 2.45) is 0 Å². The number of sulfone groups is 1. The fourth-order valence-corrected chi connectivity index (χ4v) is 5.33. The number of piperazine rings is 1. The maximum atomic E-state index is 12.6. The Morgan fingerprint density at radius 3 is 2.44 bits per heavy atom. The lowest BCUT2D eigenvalue weighted by Gasteiger charge is -2.28. The quantitative estimate of drug-likeness (QED) is 0.357. The van der Waals surface area contributed by atoms with Crippen LogP contribution in [0.2, 0.25) is 0 Å². The van der Waals surface area contributed by atoms with Gasteiger partial charge in [-0.1, -0.05) is 6.07 Å². The number of nitrogens with zero attached hydrogens (tertiary/aromatic N) is 3. The summed E-state index contributed by atoms with van der Waals surface area (Å²) in [4.78, 5) is 33.6. The molecule has 3 N–H and O–H groups in total. The molecule has 10 nitrogen and oxygen atoms in total. The summed E-state index contributed by atoms with van der Waals surface area (Å²) in [5.74, 6) is 1.09. The molecule has 4 rings (SSSR count). The maximum absolute atomic E-state index is 12.6. The van der Waals surface area contributed by atoms with Gasteiger partial charge < -0.3 is 20.9 Å². The number of rotatable bonds is 8. The molecule has 192 valence electrons. The summed E-state index contributed by atoms with van der Waals surface area (Å²) in [6.45, 7) is 5.66. The minimum absolute atomic E-state index is 0.149. The van der Waals surface area contributed by atoms with Gasteiger partial charge in [0.15, 0.2) is 15.6 Å². The van der Waals surface area contributed by atoms with Gasteiger partial charge in [-0.25, -0.2) is 18.2 Å². The van der Waals surface area contributed by atoms with Crippen molar-refractivity contribution in [2.45, 2.75) is 0 Å². The van der Waals surface area contributed by atoms with E-state index in [0.29, 0.717) is 37.4 Å². The van der Waals surface area contributed by atoms with Crippen LogP contribution in [0.4, 0.5) is 16.3 Å². The summed E-state index contributed by atoms with van der Waals surface area (Å²) < 4.78 is 23.0. The number of nitrogens with one attached hydrogen (secondary N) is 3. The lowest BCUT2D eigenvalue weighted by atomic mass is 10.1. The fraction of sp³-hybridized carbons (Fsp3) is 0.400. The SMILES string of the molecule is O=C(NCCN1CCS(=O)(=O)CC1)Nc1ccc(C(=O)C=Cc2cccc(N3CCNCC3)n2)cc1. The summed E-state index contributed by atoms with van der Waals surface area (Å²) >= 11 is 0. The average Bonchev–Trinajstić information content (AvgIpc) is 2.89. The highest BCUT2D eigenvalue weighted by molar-refractivity contribution is 7.91. The van der Waals surface area contributed by atoms with Gasteiger partial charge in [0, 0.05) is 63.6 Å². The zero-order chi connectivity index (χ0) is 25.4. The van der Waals surface area contributed by atoms with Crippen molar-refractivity contribution in [2.75, 3.05) is 74.1 Å². The van der Waals surface area contributed by atoms with Crippen LogP contribution in [0.25, 0.3) is 6.08 Å². The number of amides is 2. The zero-order valence-corrected chi connectivity index (χ0v) is 21.0. The highest BCUT2D eigenvalue weighted by Gasteiger charge is 2.21. The average molecular weight is 513 g/mol. The van der Waals surface area contributed by atoms with Gasteiger partial charge in [-0.3, -0.25) is 9.69 Å². The summed E-state index contributed by atoms with van der Waals surface area (Å²) in [5, 5.41) is 8.83. The van der Waals surface area contributed by atoms with Crippen molar-refractivity contribution in [1.82, 2.24) is 20.5 Å². The summed E-state index contributed by atoms with van der Waals surface area (Å²) in [6, 6.07) is 12.1. The molecule has 1 aromatic carbocycles. The zero-order valence-electron chi connectivity index (χ0n) is 20.2. The van der Waals surface area contributed by atoms with E-state index in [9.17, 15) is 18.0 Å². The number of benzene rings is 1. The molecule has 1 aromatic heterocycles. The van der Waals surface area contributed by atoms with Gasteiger partial charge in [-0.05, 0) is 48.6 Å². The molecular formula is C25H32N6O4S. The molecular weight excluding hydrogens is 480 g/mol. The van der Waals surface area contributed by atoms with Crippen molar-refractivity contribution in [1.29, 1.82) is 0 Å². The van der Waals surface area contributed by atoms with E-state index in [1.807, 2.05) is 23.1 Å². The topological polar surface area (TPSA) is 124 Å². The largest absolute Gasteiger partial charge is 0.354 e. The van der Waals surface area contributed by atoms with Crippen LogP contribution < -0.4 is 20.9 Å². The standard InChI is InChI=1S/C25H32N6O4S/c32-23(9-8-21-2-1-3-24(28-21)31-14-10-26-11-15-31)20-4-6-22(7-5-20)29-25(33)27-12-13-30-16-18-36(34,35)19-17-30/h1-9,26H,10-19H2,(H2,27,29,33). The molecule has 0 bridgehead atoms. The molecule has 2 aromatic rings. The van der Waals surface area contributed by atoms with Gasteiger partial charge in [-0.2, -0.15) is 0 Å². The Morgan fingerprint density at radius 2 is 1.72 bits per heavy atom. The van der Waals surface area contributed by atoms with Crippen molar-refractivity contribution in [3.05, 3.63) is 59.8 Å². The molecule has 2 fully saturated rings. The minimum atomic E-state index is -2.91. The Balaban J connectivity index is 1.23. The van der Waals surface area contributed by atoms with Crippen LogP contribution in [0.5, 0.6) is 0 Å². The number of carbonyl (C=O) groups is 2. The van der Waals surface area contributed by atoms with Gasteiger partial charge in [0.05, 0.1) is 17.2 Å². The molecule has 2 aliphatic rings. The Labute approximate surface area is 211 Å². The summed E-state index contributed by atoms with van der Waals surface area (Å²) in [5.41, 5.74) is 1.80. The maximum Gasteiger partial charge on any atom is 0.319 e. The molecule has 2 aliphatic heterocycles. The lowest BCUT2D eigenvalue weighted by Crippen LogP contribution is -2.44. The van der Waals surface area contributed by atoms with Gasteiger partial charge in [0.1, 0.15) is 5.82 Å². The van der Waals surface area contributed by atoms with Crippen molar-refractivity contribution in [3.8, 4) is 0 Å². The van der Waals surface area contributed by atoms with Gasteiger partial charge in [-0.15, -0.1) is 0 Å². The second-order valence-electron chi connectivity index (χ2n) is 8.81. The molecule has 11 heteroatoms. The number of carbonyl (C=O) groups excluding carboxylic acids is 2. The Bertz CT molecular complexity index is 1180. The molecule has 2 saturated heterocycles. The number of aromatic nitrogens is 1. The first-order chi connectivity index (χ1) is 17.4. The van der Waals surface area contributed by atoms with E-state index >= 15 is 0 Å². The van der Waals surface area contributed by atoms with Crippen LogP contribution in [0.1, 0.15) is 16.1 Å². The normalized spacial score (nSPS) is 18.2. The number of urea groups is 1. The number of hydrogen-bond donors (Lipinski definition) is 3. The van der Waals surface area contributed by atoms with E-state index in [4.69, 9.17) is 0 Å². The van der Waals surface area contributed by atoms with E-state index in [1.165, 1.54) is 6.08 Å². The highest BCUT2D eigenvalue weighted by Crippen LogP contribution is 2.14. The van der Waals surface area contributed by atoms with E-state index in [0.717, 1.165) is 37.7 Å². The molecule has 0 spiro atoms. The third-order valence-electron chi connectivity index (χ3n) is 6.18. The molecule has 0 saturated carbocycles. The minimum Gasteiger partial charge on any atom is -0.354 e. The van der Waals surface area contributed by atoms with Gasteiger partial charge >= 0.3 is 6.03 Å². The second kappa shape index (κ2) is 12.1. The van der Waals surface area contributed by atoms with Crippen LogP contribution in [-0.4, -0.2) is 94.0 Å². The van der Waals surface area contributed by atoms with E-state index in [2.05, 4.69) is 25.8 Å². The monoisotopic (exact) mass is 512 g/mol. The second-order valence-corrected chi connectivity index (χ2v) is 11.1. The van der Waals surface area contributed by atoms with E-state index in [-0.39, 0.29) is 23.3 Å². The number of hydrogen-bond acceptors (Lipinski definition) is 8. The van der Waals surface area contributed by atoms with Crippen LogP contribution in [-0.2, 0) is 9.84 Å². The van der Waals surface area contributed by atoms with Crippen LogP contribution in [0, 0.1) is 0 Å². The lowest BCUT2D eigenvalue weighted by molar-refractivity contribution is 0.104. The van der Waals surface area contributed by atoms with Crippen LogP contribution >= 0.6 is 0 Å². The summed E-state index contributed by atoms with van der Waals surface area (Å²) in [7, 11) is -2.91. The van der Waals surface area contributed by atoms with Crippen LogP contribution in [0.3, 0.4) is 0 Å². The smallest absolute Gasteiger partial charge is 0.319 e. The van der Waals surface area contributed by atoms with Crippen molar-refractivity contribution >= 4 is 39.2 Å². The number of ketones is 1. The first-order valence-corrected chi connectivity index (χ1v) is 13.9. The molecule has 3 heterocycles. The van der Waals surface area contributed by atoms with E-state index < -0.39 is 9.84 Å².